The van der Waals surface area contributed by atoms with Gasteiger partial charge in [0.05, 0.1) is 5.52 Å². The van der Waals surface area contributed by atoms with Crippen molar-refractivity contribution in [1.82, 2.24) is 4.98 Å². The van der Waals surface area contributed by atoms with E-state index >= 15 is 0 Å². The molecule has 0 aliphatic carbocycles. The summed E-state index contributed by atoms with van der Waals surface area (Å²) in [4.78, 5) is 4.33. The van der Waals surface area contributed by atoms with Gasteiger partial charge < -0.3 is 5.32 Å². The summed E-state index contributed by atoms with van der Waals surface area (Å²) in [6, 6.07) is 7.81. The van der Waals surface area contributed by atoms with Gasteiger partial charge in [-0.3, -0.25) is 4.98 Å². The van der Waals surface area contributed by atoms with Gasteiger partial charge in [-0.2, -0.15) is 0 Å². The van der Waals surface area contributed by atoms with E-state index in [0.717, 1.165) is 28.0 Å². The van der Waals surface area contributed by atoms with E-state index in [-0.39, 0.29) is 5.54 Å². The minimum Gasteiger partial charge on any atom is -0.380 e. The van der Waals surface area contributed by atoms with Gasteiger partial charge in [-0.15, -0.1) is 0 Å². The fourth-order valence-electron chi connectivity index (χ4n) is 1.68. The highest BCUT2D eigenvalue weighted by atomic mass is 35.5. The molecule has 2 nitrogen and oxygen atoms in total. The van der Waals surface area contributed by atoms with Crippen molar-refractivity contribution in [3.63, 3.8) is 0 Å². The Labute approximate surface area is 107 Å². The largest absolute Gasteiger partial charge is 0.380 e. The second kappa shape index (κ2) is 4.53. The van der Waals surface area contributed by atoms with Gasteiger partial charge in [-0.25, -0.2) is 0 Å². The van der Waals surface area contributed by atoms with Crippen LogP contribution in [0.1, 0.15) is 27.2 Å². The molecule has 0 atom stereocenters. The number of hydrogen-bond donors (Lipinski definition) is 1. The Balaban J connectivity index is 2.48. The monoisotopic (exact) mass is 248 g/mol. The van der Waals surface area contributed by atoms with E-state index in [1.165, 1.54) is 0 Å². The van der Waals surface area contributed by atoms with Gasteiger partial charge >= 0.3 is 0 Å². The van der Waals surface area contributed by atoms with Crippen molar-refractivity contribution in [2.75, 3.05) is 5.32 Å². The van der Waals surface area contributed by atoms with Crippen LogP contribution in [0.4, 0.5) is 5.69 Å². The molecule has 0 spiro atoms. The highest BCUT2D eigenvalue weighted by Gasteiger charge is 2.15. The first kappa shape index (κ1) is 12.2. The first-order valence-electron chi connectivity index (χ1n) is 5.84. The third-order valence-corrected chi connectivity index (χ3v) is 3.30. The number of pyridine rings is 1. The first-order chi connectivity index (χ1) is 8.02. The third-order valence-electron chi connectivity index (χ3n) is 3.06. The van der Waals surface area contributed by atoms with Crippen LogP contribution < -0.4 is 5.32 Å². The molecule has 3 heteroatoms. The molecule has 90 valence electrons. The zero-order valence-corrected chi connectivity index (χ0v) is 11.2. The summed E-state index contributed by atoms with van der Waals surface area (Å²) in [6.45, 7) is 6.55. The second-order valence-corrected chi connectivity index (χ2v) is 5.32. The van der Waals surface area contributed by atoms with E-state index in [1.54, 1.807) is 0 Å². The van der Waals surface area contributed by atoms with Gasteiger partial charge in [0.2, 0.25) is 0 Å². The van der Waals surface area contributed by atoms with Gasteiger partial charge in [0, 0.05) is 27.8 Å². The smallest absolute Gasteiger partial charge is 0.0737 e. The number of benzene rings is 1. The molecule has 0 fully saturated rings. The summed E-state index contributed by atoms with van der Waals surface area (Å²) >= 11 is 5.97. The SMILES string of the molecule is CCC(C)(C)Nc1ccnc2cc(Cl)ccc12. The van der Waals surface area contributed by atoms with Crippen LogP contribution in [-0.2, 0) is 0 Å². The number of nitrogens with one attached hydrogen (secondary N) is 1. The van der Waals surface area contributed by atoms with Crippen LogP contribution in [0, 0.1) is 0 Å². The van der Waals surface area contributed by atoms with Crippen LogP contribution in [0.5, 0.6) is 0 Å². The van der Waals surface area contributed by atoms with Crippen LogP contribution in [0.3, 0.4) is 0 Å². The summed E-state index contributed by atoms with van der Waals surface area (Å²) < 4.78 is 0. The summed E-state index contributed by atoms with van der Waals surface area (Å²) in [5.74, 6) is 0. The molecule has 1 heterocycles. The maximum atomic E-state index is 5.97. The predicted octanol–water partition coefficient (Wildman–Crippen LogP) is 4.49. The Morgan fingerprint density at radius 3 is 2.76 bits per heavy atom. The van der Waals surface area contributed by atoms with Crippen molar-refractivity contribution in [3.8, 4) is 0 Å². The molecule has 1 aromatic carbocycles. The maximum absolute atomic E-state index is 5.97. The molecule has 2 aromatic rings. The van der Waals surface area contributed by atoms with Crippen molar-refractivity contribution in [3.05, 3.63) is 35.5 Å². The summed E-state index contributed by atoms with van der Waals surface area (Å²) in [5.41, 5.74) is 2.11. The highest BCUT2D eigenvalue weighted by molar-refractivity contribution is 6.31. The molecule has 1 aromatic heterocycles. The Kier molecular flexibility index (Phi) is 3.25. The fourth-order valence-corrected chi connectivity index (χ4v) is 1.85. The number of nitrogens with zero attached hydrogens (tertiary/aromatic N) is 1. The zero-order chi connectivity index (χ0) is 12.5. The number of fused-ring (bicyclic) bond motifs is 1. The number of aromatic nitrogens is 1. The maximum Gasteiger partial charge on any atom is 0.0737 e. The van der Waals surface area contributed by atoms with Crippen molar-refractivity contribution in [1.29, 1.82) is 0 Å². The number of halogens is 1. The quantitative estimate of drug-likeness (QED) is 0.866. The summed E-state index contributed by atoms with van der Waals surface area (Å²) in [6.07, 6.45) is 2.87. The standard InChI is InChI=1S/C14H17ClN2/c1-4-14(2,3)17-12-7-8-16-13-9-10(15)5-6-11(12)13/h5-9H,4H2,1-3H3,(H,16,17). The van der Waals surface area contributed by atoms with E-state index in [9.17, 15) is 0 Å². The Hall–Kier alpha value is -1.28. The summed E-state index contributed by atoms with van der Waals surface area (Å²) in [5, 5.41) is 5.38. The minimum atomic E-state index is 0.0773. The van der Waals surface area contributed by atoms with E-state index in [1.807, 2.05) is 30.5 Å². The average molecular weight is 249 g/mol. The molecule has 2 rings (SSSR count). The van der Waals surface area contributed by atoms with Crippen molar-refractivity contribution < 1.29 is 0 Å². The molecule has 0 aliphatic rings. The van der Waals surface area contributed by atoms with Crippen LogP contribution >= 0.6 is 11.6 Å². The molecule has 0 radical (unpaired) electrons. The molecule has 0 unspecified atom stereocenters. The Morgan fingerprint density at radius 1 is 1.29 bits per heavy atom. The first-order valence-corrected chi connectivity index (χ1v) is 6.22. The fraction of sp³-hybridized carbons (Fsp3) is 0.357. The normalized spacial score (nSPS) is 11.8. The zero-order valence-electron chi connectivity index (χ0n) is 10.4. The molecule has 0 aliphatic heterocycles. The molecule has 1 N–H and O–H groups in total. The summed E-state index contributed by atoms with van der Waals surface area (Å²) in [7, 11) is 0. The van der Waals surface area contributed by atoms with Crippen LogP contribution in [-0.4, -0.2) is 10.5 Å². The van der Waals surface area contributed by atoms with Crippen LogP contribution in [0.25, 0.3) is 10.9 Å². The Bertz CT molecular complexity index is 535. The van der Waals surface area contributed by atoms with Crippen LogP contribution in [0.2, 0.25) is 5.02 Å². The number of anilines is 1. The van der Waals surface area contributed by atoms with Gasteiger partial charge in [0.1, 0.15) is 0 Å². The van der Waals surface area contributed by atoms with Gasteiger partial charge in [-0.1, -0.05) is 18.5 Å². The molecular weight excluding hydrogens is 232 g/mol. The molecule has 0 amide bonds. The van der Waals surface area contributed by atoms with Crippen molar-refractivity contribution in [2.45, 2.75) is 32.7 Å². The second-order valence-electron chi connectivity index (χ2n) is 4.88. The lowest BCUT2D eigenvalue weighted by Gasteiger charge is -2.26. The van der Waals surface area contributed by atoms with Gasteiger partial charge in [0.25, 0.3) is 0 Å². The Morgan fingerprint density at radius 2 is 2.06 bits per heavy atom. The number of rotatable bonds is 3. The predicted molar refractivity (Wildman–Crippen MR) is 74.7 cm³/mol. The molecule has 0 saturated carbocycles. The highest BCUT2D eigenvalue weighted by Crippen LogP contribution is 2.27. The lowest BCUT2D eigenvalue weighted by molar-refractivity contribution is 0.548. The lowest BCUT2D eigenvalue weighted by Crippen LogP contribution is -2.29. The minimum absolute atomic E-state index is 0.0773. The van der Waals surface area contributed by atoms with E-state index in [0.29, 0.717) is 0 Å². The van der Waals surface area contributed by atoms with Crippen LogP contribution in [0.15, 0.2) is 30.5 Å². The molecule has 0 saturated heterocycles. The van der Waals surface area contributed by atoms with Crippen molar-refractivity contribution in [2.24, 2.45) is 0 Å². The average Bonchev–Trinajstić information content (AvgIpc) is 2.28. The van der Waals surface area contributed by atoms with Gasteiger partial charge in [-0.05, 0) is 44.5 Å². The van der Waals surface area contributed by atoms with E-state index in [4.69, 9.17) is 11.6 Å². The lowest BCUT2D eigenvalue weighted by atomic mass is 10.0. The van der Waals surface area contributed by atoms with Gasteiger partial charge in [0.15, 0.2) is 0 Å². The molecule has 0 bridgehead atoms. The molecule has 17 heavy (non-hydrogen) atoms. The third kappa shape index (κ3) is 2.70. The van der Waals surface area contributed by atoms with E-state index in [2.05, 4.69) is 31.1 Å². The topological polar surface area (TPSA) is 24.9 Å². The molecular formula is C14H17ClN2. The van der Waals surface area contributed by atoms with E-state index < -0.39 is 0 Å². The van der Waals surface area contributed by atoms with Crippen molar-refractivity contribution >= 4 is 28.2 Å². The number of hydrogen-bond acceptors (Lipinski definition) is 2.